The quantitative estimate of drug-likeness (QED) is 0.601. The van der Waals surface area contributed by atoms with Gasteiger partial charge in [0.25, 0.3) is 0 Å². The second-order valence-corrected chi connectivity index (χ2v) is 6.66. The van der Waals surface area contributed by atoms with Crippen molar-refractivity contribution >= 4 is 41.0 Å². The molecular formula is C20H18Cl2O5. The van der Waals surface area contributed by atoms with Gasteiger partial charge in [0.15, 0.2) is 0 Å². The molecule has 0 bridgehead atoms. The number of ether oxygens (including phenoxy) is 1. The highest BCUT2D eigenvalue weighted by Crippen LogP contribution is 2.33. The minimum atomic E-state index is -1.23. The first-order chi connectivity index (χ1) is 12.8. The predicted octanol–water partition coefficient (Wildman–Crippen LogP) is 4.38. The van der Waals surface area contributed by atoms with Gasteiger partial charge in [0.1, 0.15) is 24.6 Å². The first-order valence-electron chi connectivity index (χ1n) is 8.10. The molecule has 0 aliphatic heterocycles. The summed E-state index contributed by atoms with van der Waals surface area (Å²) in [5.74, 6) is -1.37. The molecule has 0 aromatic heterocycles. The van der Waals surface area contributed by atoms with Crippen LogP contribution in [0.3, 0.4) is 0 Å². The molecule has 2 aromatic rings. The zero-order chi connectivity index (χ0) is 19.8. The van der Waals surface area contributed by atoms with Crippen molar-refractivity contribution in [2.45, 2.75) is 25.6 Å². The van der Waals surface area contributed by atoms with E-state index in [1.54, 1.807) is 12.1 Å². The Morgan fingerprint density at radius 1 is 1.15 bits per heavy atom. The molecule has 1 atom stereocenters. The Hall–Kier alpha value is -2.34. The lowest BCUT2D eigenvalue weighted by molar-refractivity contribution is -0.140. The molecule has 142 valence electrons. The van der Waals surface area contributed by atoms with Crippen molar-refractivity contribution in [2.75, 3.05) is 0 Å². The van der Waals surface area contributed by atoms with Gasteiger partial charge >= 0.3 is 5.97 Å². The maximum Gasteiger partial charge on any atom is 0.310 e. The molecule has 0 spiro atoms. The molecule has 5 nitrogen and oxygen atoms in total. The summed E-state index contributed by atoms with van der Waals surface area (Å²) in [6.07, 6.45) is 0.833. The Morgan fingerprint density at radius 3 is 2.52 bits per heavy atom. The fraction of sp³-hybridized carbons (Fsp3) is 0.200. The Kier molecular flexibility index (Phi) is 7.85. The van der Waals surface area contributed by atoms with Crippen LogP contribution in [0.5, 0.6) is 5.75 Å². The first-order valence-corrected chi connectivity index (χ1v) is 8.86. The van der Waals surface area contributed by atoms with Gasteiger partial charge in [-0.1, -0.05) is 65.7 Å². The lowest BCUT2D eigenvalue weighted by Crippen LogP contribution is -2.14. The van der Waals surface area contributed by atoms with Crippen molar-refractivity contribution in [3.63, 3.8) is 0 Å². The van der Waals surface area contributed by atoms with Crippen molar-refractivity contribution in [3.8, 4) is 5.75 Å². The van der Waals surface area contributed by atoms with Gasteiger partial charge < -0.3 is 14.9 Å². The average Bonchev–Trinajstić information content (AvgIpc) is 2.59. The van der Waals surface area contributed by atoms with E-state index < -0.39 is 24.3 Å². The highest BCUT2D eigenvalue weighted by atomic mass is 35.5. The molecule has 0 heterocycles. The summed E-state index contributed by atoms with van der Waals surface area (Å²) in [5.41, 5.74) is 1.46. The van der Waals surface area contributed by atoms with Gasteiger partial charge in [0, 0.05) is 17.0 Å². The van der Waals surface area contributed by atoms with E-state index in [1.165, 1.54) is 12.2 Å². The Bertz CT molecular complexity index is 834. The number of halogens is 2. The third kappa shape index (κ3) is 7.06. The lowest BCUT2D eigenvalue weighted by Gasteiger charge is -2.12. The molecule has 7 heteroatoms. The highest BCUT2D eigenvalue weighted by Gasteiger charge is 2.13. The number of rotatable bonds is 9. The number of aliphatic carboxylic acids is 1. The van der Waals surface area contributed by atoms with E-state index in [9.17, 15) is 14.7 Å². The summed E-state index contributed by atoms with van der Waals surface area (Å²) < 4.78 is 5.80. The number of Topliss-reactive ketones (excluding diaryl/α,β-unsaturated/α-hetero) is 1. The summed E-state index contributed by atoms with van der Waals surface area (Å²) in [6, 6.07) is 12.7. The zero-order valence-corrected chi connectivity index (χ0v) is 15.8. The second-order valence-electron chi connectivity index (χ2n) is 5.81. The van der Waals surface area contributed by atoms with Crippen molar-refractivity contribution < 1.29 is 24.5 Å². The number of hydrogen-bond donors (Lipinski definition) is 2. The smallest absolute Gasteiger partial charge is 0.310 e. The normalized spacial score (nSPS) is 12.1. The van der Waals surface area contributed by atoms with E-state index in [0.29, 0.717) is 28.0 Å². The zero-order valence-electron chi connectivity index (χ0n) is 14.3. The van der Waals surface area contributed by atoms with Crippen LogP contribution in [0, 0.1) is 0 Å². The van der Waals surface area contributed by atoms with E-state index in [4.69, 9.17) is 33.0 Å². The van der Waals surface area contributed by atoms with Crippen LogP contribution in [-0.4, -0.2) is 28.1 Å². The van der Waals surface area contributed by atoms with Gasteiger partial charge in [0.05, 0.1) is 11.1 Å². The molecule has 0 saturated carbocycles. The Balaban J connectivity index is 2.12. The lowest BCUT2D eigenvalue weighted by atomic mass is 10.1. The van der Waals surface area contributed by atoms with Crippen LogP contribution in [0.15, 0.2) is 48.5 Å². The first kappa shape index (κ1) is 21.0. The predicted molar refractivity (Wildman–Crippen MR) is 104 cm³/mol. The summed E-state index contributed by atoms with van der Waals surface area (Å²) in [5, 5.41) is 19.2. The van der Waals surface area contributed by atoms with Crippen molar-refractivity contribution in [1.29, 1.82) is 0 Å². The molecule has 27 heavy (non-hydrogen) atoms. The van der Waals surface area contributed by atoms with Crippen LogP contribution < -0.4 is 4.74 Å². The maximum atomic E-state index is 11.5. The number of benzene rings is 2. The van der Waals surface area contributed by atoms with Gasteiger partial charge in [-0.15, -0.1) is 0 Å². The van der Waals surface area contributed by atoms with Gasteiger partial charge in [-0.25, -0.2) is 0 Å². The molecule has 0 amide bonds. The number of hydrogen-bond acceptors (Lipinski definition) is 4. The molecule has 0 saturated heterocycles. The van der Waals surface area contributed by atoms with Crippen LogP contribution in [-0.2, 0) is 16.2 Å². The second kappa shape index (κ2) is 10.1. The van der Waals surface area contributed by atoms with Gasteiger partial charge in [-0.3, -0.25) is 9.59 Å². The minimum absolute atomic E-state index is 0.297. The van der Waals surface area contributed by atoms with Crippen LogP contribution in [0.4, 0.5) is 0 Å². The molecule has 2 rings (SSSR count). The maximum absolute atomic E-state index is 11.5. The number of aliphatic hydroxyl groups excluding tert-OH is 1. The fourth-order valence-electron chi connectivity index (χ4n) is 2.33. The molecular weight excluding hydrogens is 391 g/mol. The number of carboxylic acid groups (broad SMARTS) is 1. The van der Waals surface area contributed by atoms with E-state index in [0.717, 1.165) is 5.56 Å². The van der Waals surface area contributed by atoms with Crippen LogP contribution in [0.2, 0.25) is 10.0 Å². The van der Waals surface area contributed by atoms with Crippen molar-refractivity contribution in [1.82, 2.24) is 0 Å². The van der Waals surface area contributed by atoms with Crippen LogP contribution >= 0.6 is 23.2 Å². The molecule has 0 fully saturated rings. The summed E-state index contributed by atoms with van der Waals surface area (Å²) in [4.78, 5) is 22.0. The largest absolute Gasteiger partial charge is 0.488 e. The number of aliphatic hydroxyl groups is 1. The van der Waals surface area contributed by atoms with Gasteiger partial charge in [-0.05, 0) is 17.7 Å². The number of carbonyl (C=O) groups excluding carboxylic acids is 1. The average molecular weight is 409 g/mol. The number of carboxylic acids is 1. The molecule has 2 N–H and O–H groups in total. The summed E-state index contributed by atoms with van der Waals surface area (Å²) in [7, 11) is 0. The van der Waals surface area contributed by atoms with Crippen molar-refractivity contribution in [2.24, 2.45) is 0 Å². The van der Waals surface area contributed by atoms with Crippen LogP contribution in [0.25, 0.3) is 6.08 Å². The summed E-state index contributed by atoms with van der Waals surface area (Å²) in [6.45, 7) is 0.304. The van der Waals surface area contributed by atoms with E-state index in [-0.39, 0.29) is 6.42 Å². The van der Waals surface area contributed by atoms with Gasteiger partial charge in [0.2, 0.25) is 0 Å². The minimum Gasteiger partial charge on any atom is -0.488 e. The molecule has 0 aliphatic rings. The third-order valence-corrected chi connectivity index (χ3v) is 4.09. The topological polar surface area (TPSA) is 83.8 Å². The third-order valence-electron chi connectivity index (χ3n) is 3.56. The van der Waals surface area contributed by atoms with Crippen LogP contribution in [0.1, 0.15) is 24.0 Å². The van der Waals surface area contributed by atoms with Crippen molar-refractivity contribution in [3.05, 3.63) is 69.7 Å². The molecule has 0 aliphatic carbocycles. The summed E-state index contributed by atoms with van der Waals surface area (Å²) >= 11 is 12.3. The van der Waals surface area contributed by atoms with E-state index in [2.05, 4.69) is 0 Å². The highest BCUT2D eigenvalue weighted by molar-refractivity contribution is 6.35. The number of ketones is 1. The molecule has 1 unspecified atom stereocenters. The molecule has 2 aromatic carbocycles. The van der Waals surface area contributed by atoms with E-state index in [1.807, 2.05) is 30.3 Å². The monoisotopic (exact) mass is 408 g/mol. The standard InChI is InChI=1S/C20H18Cl2O5/c21-14-8-18(22)17(7-6-15(23)10-16(24)11-20(25)26)19(9-14)27-12-13-4-2-1-3-5-13/h1-9,15,23H,10-12H2,(H,25,26)/b7-6+. The van der Waals surface area contributed by atoms with E-state index >= 15 is 0 Å². The number of carbonyl (C=O) groups is 2. The molecule has 0 radical (unpaired) electrons. The fourth-order valence-corrected chi connectivity index (χ4v) is 2.86. The Labute approximate surface area is 166 Å². The SMILES string of the molecule is O=C(O)CC(=O)CC(O)/C=C/c1c(Cl)cc(Cl)cc1OCc1ccccc1. The Morgan fingerprint density at radius 2 is 1.85 bits per heavy atom. The van der Waals surface area contributed by atoms with Gasteiger partial charge in [-0.2, -0.15) is 0 Å².